The van der Waals surface area contributed by atoms with Crippen LogP contribution in [0.3, 0.4) is 0 Å². The second-order valence-electron chi connectivity index (χ2n) is 10.8. The summed E-state index contributed by atoms with van der Waals surface area (Å²) in [5, 5.41) is 0. The Morgan fingerprint density at radius 3 is 2.28 bits per heavy atom. The van der Waals surface area contributed by atoms with Crippen LogP contribution < -0.4 is 4.90 Å². The summed E-state index contributed by atoms with van der Waals surface area (Å²) in [7, 11) is 0. The van der Waals surface area contributed by atoms with E-state index in [0.717, 1.165) is 24.2 Å². The van der Waals surface area contributed by atoms with Crippen LogP contribution in [0.1, 0.15) is 89.7 Å². The monoisotopic (exact) mass is 431 g/mol. The highest BCUT2D eigenvalue weighted by molar-refractivity contribution is 5.48. The van der Waals surface area contributed by atoms with Crippen LogP contribution in [0.5, 0.6) is 0 Å². The largest absolute Gasteiger partial charge is 0.371 e. The molecule has 4 rings (SSSR count). The van der Waals surface area contributed by atoms with Gasteiger partial charge in [-0.3, -0.25) is 0 Å². The Balaban J connectivity index is 1.34. The van der Waals surface area contributed by atoms with Crippen LogP contribution in [-0.2, 0) is 11.8 Å². The van der Waals surface area contributed by atoms with Crippen LogP contribution in [0.2, 0.25) is 0 Å². The van der Waals surface area contributed by atoms with E-state index in [-0.39, 0.29) is 0 Å². The second-order valence-corrected chi connectivity index (χ2v) is 10.8. The van der Waals surface area contributed by atoms with Crippen LogP contribution in [0.25, 0.3) is 0 Å². The van der Waals surface area contributed by atoms with Crippen molar-refractivity contribution in [2.24, 2.45) is 17.8 Å². The highest BCUT2D eigenvalue weighted by Gasteiger charge is 2.43. The first kappa shape index (κ1) is 23.4. The van der Waals surface area contributed by atoms with Gasteiger partial charge in [-0.15, -0.1) is 0 Å². The molecule has 1 aliphatic carbocycles. The van der Waals surface area contributed by atoms with Gasteiger partial charge in [-0.2, -0.15) is 0 Å². The zero-order chi connectivity index (χ0) is 22.4. The molecule has 2 fully saturated rings. The summed E-state index contributed by atoms with van der Waals surface area (Å²) in [5.74, 6) is 2.57. The van der Waals surface area contributed by atoms with E-state index in [4.69, 9.17) is 0 Å². The van der Waals surface area contributed by atoms with Crippen LogP contribution in [0, 0.1) is 17.8 Å². The Bertz CT molecular complexity index is 815. The molecule has 32 heavy (non-hydrogen) atoms. The van der Waals surface area contributed by atoms with Crippen LogP contribution in [0.15, 0.2) is 54.6 Å². The third kappa shape index (κ3) is 4.92. The Morgan fingerprint density at radius 2 is 1.59 bits per heavy atom. The third-order valence-corrected chi connectivity index (χ3v) is 9.02. The maximum atomic E-state index is 2.65. The van der Waals surface area contributed by atoms with Crippen molar-refractivity contribution in [3.05, 3.63) is 65.7 Å². The highest BCUT2D eigenvalue weighted by atomic mass is 15.2. The summed E-state index contributed by atoms with van der Waals surface area (Å²) in [6.45, 7) is 9.95. The van der Waals surface area contributed by atoms with Gasteiger partial charge in [0.05, 0.1) is 0 Å². The molecular weight excluding hydrogens is 386 g/mol. The van der Waals surface area contributed by atoms with Crippen molar-refractivity contribution in [2.75, 3.05) is 18.0 Å². The quantitative estimate of drug-likeness (QED) is 0.323. The third-order valence-electron chi connectivity index (χ3n) is 9.02. The summed E-state index contributed by atoms with van der Waals surface area (Å²) >= 11 is 0. The number of unbranched alkanes of at least 4 members (excludes halogenated alkanes) is 1. The molecule has 0 spiro atoms. The van der Waals surface area contributed by atoms with E-state index in [1.807, 2.05) is 0 Å². The lowest BCUT2D eigenvalue weighted by Crippen LogP contribution is -2.46. The molecule has 2 unspecified atom stereocenters. The normalized spacial score (nSPS) is 20.2. The second kappa shape index (κ2) is 10.9. The zero-order valence-electron chi connectivity index (χ0n) is 20.9. The Kier molecular flexibility index (Phi) is 7.98. The SMILES string of the molecule is CCc1ccccc1C(C)(C(CC)CCCCC1CN(c2ccccc2)C1)C1CCCC1. The number of para-hydroxylation sites is 1. The fourth-order valence-corrected chi connectivity index (χ4v) is 7.01. The van der Waals surface area contributed by atoms with Gasteiger partial charge in [0.1, 0.15) is 0 Å². The van der Waals surface area contributed by atoms with Gasteiger partial charge in [-0.05, 0) is 78.5 Å². The molecule has 1 aliphatic heterocycles. The zero-order valence-corrected chi connectivity index (χ0v) is 20.9. The Labute approximate surface area is 197 Å². The van der Waals surface area contributed by atoms with E-state index >= 15 is 0 Å². The van der Waals surface area contributed by atoms with Crippen LogP contribution in [0.4, 0.5) is 5.69 Å². The van der Waals surface area contributed by atoms with Crippen molar-refractivity contribution in [1.29, 1.82) is 0 Å². The Hall–Kier alpha value is -1.76. The van der Waals surface area contributed by atoms with Gasteiger partial charge in [0, 0.05) is 18.8 Å². The fraction of sp³-hybridized carbons (Fsp3) is 0.613. The molecule has 1 saturated heterocycles. The minimum Gasteiger partial charge on any atom is -0.371 e. The van der Waals surface area contributed by atoms with E-state index in [0.29, 0.717) is 5.41 Å². The van der Waals surface area contributed by atoms with E-state index in [1.165, 1.54) is 76.6 Å². The number of hydrogen-bond acceptors (Lipinski definition) is 1. The molecule has 1 saturated carbocycles. The van der Waals surface area contributed by atoms with Crippen LogP contribution in [-0.4, -0.2) is 13.1 Å². The highest BCUT2D eigenvalue weighted by Crippen LogP contribution is 2.50. The summed E-state index contributed by atoms with van der Waals surface area (Å²) < 4.78 is 0. The molecule has 0 radical (unpaired) electrons. The maximum Gasteiger partial charge on any atom is 0.0366 e. The molecule has 2 aromatic rings. The first-order valence-electron chi connectivity index (χ1n) is 13.5. The molecule has 2 aliphatic rings. The molecular formula is C31H45N. The van der Waals surface area contributed by atoms with Crippen molar-refractivity contribution < 1.29 is 0 Å². The fourth-order valence-electron chi connectivity index (χ4n) is 7.01. The lowest BCUT2D eigenvalue weighted by molar-refractivity contribution is 0.168. The number of rotatable bonds is 11. The van der Waals surface area contributed by atoms with Crippen LogP contribution >= 0.6 is 0 Å². The number of benzene rings is 2. The van der Waals surface area contributed by atoms with Gasteiger partial charge < -0.3 is 4.90 Å². The van der Waals surface area contributed by atoms with Gasteiger partial charge in [-0.25, -0.2) is 0 Å². The number of hydrogen-bond donors (Lipinski definition) is 0. The van der Waals surface area contributed by atoms with Crippen molar-refractivity contribution in [2.45, 2.75) is 90.4 Å². The van der Waals surface area contributed by atoms with Crippen molar-refractivity contribution in [1.82, 2.24) is 0 Å². The molecule has 0 amide bonds. The van der Waals surface area contributed by atoms with Crippen molar-refractivity contribution >= 4 is 5.69 Å². The average molecular weight is 432 g/mol. The minimum absolute atomic E-state index is 0.346. The first-order chi connectivity index (χ1) is 15.7. The van der Waals surface area contributed by atoms with E-state index in [9.17, 15) is 0 Å². The summed E-state index contributed by atoms with van der Waals surface area (Å²) in [6, 6.07) is 20.3. The van der Waals surface area contributed by atoms with Gasteiger partial charge >= 0.3 is 0 Å². The molecule has 0 N–H and O–H groups in total. The summed E-state index contributed by atoms with van der Waals surface area (Å²) in [5.41, 5.74) is 5.02. The topological polar surface area (TPSA) is 3.24 Å². The van der Waals surface area contributed by atoms with Gasteiger partial charge in [-0.1, -0.05) is 95.3 Å². The number of aryl methyl sites for hydroxylation is 1. The molecule has 174 valence electrons. The van der Waals surface area contributed by atoms with Crippen molar-refractivity contribution in [3.8, 4) is 0 Å². The molecule has 0 bridgehead atoms. The summed E-state index contributed by atoms with van der Waals surface area (Å²) in [4.78, 5) is 2.54. The molecule has 1 heteroatoms. The molecule has 1 heterocycles. The van der Waals surface area contributed by atoms with E-state index in [1.54, 1.807) is 11.1 Å². The Morgan fingerprint density at radius 1 is 0.906 bits per heavy atom. The minimum atomic E-state index is 0.346. The predicted octanol–water partition coefficient (Wildman–Crippen LogP) is 8.42. The predicted molar refractivity (Wildman–Crippen MR) is 140 cm³/mol. The molecule has 0 aromatic heterocycles. The number of nitrogens with zero attached hydrogens (tertiary/aromatic N) is 1. The molecule has 2 aromatic carbocycles. The van der Waals surface area contributed by atoms with E-state index < -0.39 is 0 Å². The van der Waals surface area contributed by atoms with E-state index in [2.05, 4.69) is 80.3 Å². The smallest absolute Gasteiger partial charge is 0.0366 e. The van der Waals surface area contributed by atoms with Gasteiger partial charge in [0.2, 0.25) is 0 Å². The lowest BCUT2D eigenvalue weighted by atomic mass is 9.60. The van der Waals surface area contributed by atoms with Crippen molar-refractivity contribution in [3.63, 3.8) is 0 Å². The maximum absolute atomic E-state index is 2.65. The number of anilines is 1. The first-order valence-corrected chi connectivity index (χ1v) is 13.5. The standard InChI is InChI=1S/C31H45N/c1-4-26-16-10-14-22-30(26)31(3,28-18-12-13-19-28)27(5-2)17-11-9-15-25-23-32(24-25)29-20-7-6-8-21-29/h6-8,10,14,16,20-22,25,27-28H,4-5,9,11-13,15,17-19,23-24H2,1-3H3. The van der Waals surface area contributed by atoms with Gasteiger partial charge in [0.25, 0.3) is 0 Å². The van der Waals surface area contributed by atoms with Gasteiger partial charge in [0.15, 0.2) is 0 Å². The lowest BCUT2D eigenvalue weighted by Gasteiger charge is -2.45. The average Bonchev–Trinajstić information content (AvgIpc) is 3.36. The summed E-state index contributed by atoms with van der Waals surface area (Å²) in [6.07, 6.45) is 13.8. The molecule has 2 atom stereocenters. The molecule has 1 nitrogen and oxygen atoms in total.